The Labute approximate surface area is 121 Å². The molecule has 0 aromatic rings. The van der Waals surface area contributed by atoms with Gasteiger partial charge in [-0.05, 0) is 33.1 Å². The molecule has 0 aromatic carbocycles. The highest BCUT2D eigenvalue weighted by atomic mass is 32.2. The first kappa shape index (κ1) is 18.7. The van der Waals surface area contributed by atoms with Crippen LogP contribution in [0.2, 0.25) is 0 Å². The predicted molar refractivity (Wildman–Crippen MR) is 82.7 cm³/mol. The monoisotopic (exact) mass is 290 g/mol. The lowest BCUT2D eigenvalue weighted by Crippen LogP contribution is -2.39. The Morgan fingerprint density at radius 3 is 2.37 bits per heavy atom. The molecule has 0 aliphatic heterocycles. The normalized spacial score (nSPS) is 13.6. The van der Waals surface area contributed by atoms with E-state index in [1.807, 2.05) is 0 Å². The highest BCUT2D eigenvalue weighted by Crippen LogP contribution is 2.00. The summed E-state index contributed by atoms with van der Waals surface area (Å²) < 4.78 is 11.7. The highest BCUT2D eigenvalue weighted by Gasteiger charge is 2.13. The fraction of sp³-hybridized carbons (Fsp3) is 0.929. The van der Waals surface area contributed by atoms with Crippen molar-refractivity contribution >= 4 is 17.1 Å². The maximum absolute atomic E-state index is 11.7. The summed E-state index contributed by atoms with van der Waals surface area (Å²) in [5.74, 6) is 1.67. The van der Waals surface area contributed by atoms with Gasteiger partial charge in [0.2, 0.25) is 5.91 Å². The van der Waals surface area contributed by atoms with Crippen molar-refractivity contribution in [1.82, 2.24) is 10.6 Å². The van der Waals surface area contributed by atoms with E-state index in [-0.39, 0.29) is 11.4 Å². The van der Waals surface area contributed by atoms with Crippen LogP contribution in [-0.2, 0) is 16.0 Å². The highest BCUT2D eigenvalue weighted by molar-refractivity contribution is 7.91. The van der Waals surface area contributed by atoms with E-state index < -0.39 is 11.2 Å². The van der Waals surface area contributed by atoms with Crippen LogP contribution in [0.15, 0.2) is 0 Å². The summed E-state index contributed by atoms with van der Waals surface area (Å²) in [6.45, 7) is 11.9. The van der Waals surface area contributed by atoms with E-state index in [0.29, 0.717) is 30.4 Å². The molecule has 19 heavy (non-hydrogen) atoms. The zero-order valence-electron chi connectivity index (χ0n) is 13.0. The third-order valence-corrected chi connectivity index (χ3v) is 3.90. The fourth-order valence-corrected chi connectivity index (χ4v) is 2.38. The van der Waals surface area contributed by atoms with E-state index in [0.717, 1.165) is 13.0 Å². The molecule has 1 amide bonds. The molecule has 1 atom stereocenters. The molecule has 114 valence electrons. The molecule has 0 saturated heterocycles. The molecule has 4 nitrogen and oxygen atoms in total. The summed E-state index contributed by atoms with van der Waals surface area (Å²) in [4.78, 5) is 11.5. The van der Waals surface area contributed by atoms with Crippen LogP contribution in [0.3, 0.4) is 0 Å². The van der Waals surface area contributed by atoms with Crippen molar-refractivity contribution in [2.24, 2.45) is 5.92 Å². The van der Waals surface area contributed by atoms with Crippen LogP contribution in [0.1, 0.15) is 47.5 Å². The Bertz CT molecular complexity index is 252. The summed E-state index contributed by atoms with van der Waals surface area (Å²) in [7, 11) is 0. The maximum Gasteiger partial charge on any atom is 0.224 e. The second kappa shape index (κ2) is 9.61. The van der Waals surface area contributed by atoms with E-state index in [1.165, 1.54) is 0 Å². The molecule has 0 radical (unpaired) electrons. The SMILES string of the molecule is CC(C)CCNC(=O)CC[S+]([O-])CCNC(C)(C)C. The van der Waals surface area contributed by atoms with Gasteiger partial charge in [0.05, 0.1) is 6.42 Å². The molecule has 0 aromatic heterocycles. The van der Waals surface area contributed by atoms with Gasteiger partial charge < -0.3 is 15.2 Å². The molecule has 0 saturated carbocycles. The van der Waals surface area contributed by atoms with E-state index in [1.54, 1.807) is 0 Å². The zero-order chi connectivity index (χ0) is 14.9. The van der Waals surface area contributed by atoms with Crippen LogP contribution >= 0.6 is 0 Å². The largest absolute Gasteiger partial charge is 0.616 e. The van der Waals surface area contributed by atoms with E-state index >= 15 is 0 Å². The minimum Gasteiger partial charge on any atom is -0.616 e. The minimum absolute atomic E-state index is 0.0118. The second-order valence-corrected chi connectivity index (χ2v) is 8.00. The van der Waals surface area contributed by atoms with Crippen LogP contribution in [0, 0.1) is 5.92 Å². The number of rotatable bonds is 9. The molecule has 5 heteroatoms. The summed E-state index contributed by atoms with van der Waals surface area (Å²) in [5, 5.41) is 6.15. The minimum atomic E-state index is -0.913. The van der Waals surface area contributed by atoms with Gasteiger partial charge in [0.15, 0.2) is 0 Å². The summed E-state index contributed by atoms with van der Waals surface area (Å²) in [6.07, 6.45) is 1.35. The van der Waals surface area contributed by atoms with Crippen LogP contribution < -0.4 is 10.6 Å². The van der Waals surface area contributed by atoms with E-state index in [9.17, 15) is 9.35 Å². The molecular formula is C14H30N2O2S. The van der Waals surface area contributed by atoms with Gasteiger partial charge in [-0.15, -0.1) is 0 Å². The number of amides is 1. The Hall–Kier alpha value is -0.260. The van der Waals surface area contributed by atoms with Crippen molar-refractivity contribution in [3.8, 4) is 0 Å². The van der Waals surface area contributed by atoms with Gasteiger partial charge in [0.1, 0.15) is 11.5 Å². The first-order chi connectivity index (χ1) is 8.70. The van der Waals surface area contributed by atoms with E-state index in [4.69, 9.17) is 0 Å². The molecular weight excluding hydrogens is 260 g/mol. The lowest BCUT2D eigenvalue weighted by atomic mass is 10.1. The van der Waals surface area contributed by atoms with Crippen molar-refractivity contribution in [1.29, 1.82) is 0 Å². The third-order valence-electron chi connectivity index (χ3n) is 2.59. The smallest absolute Gasteiger partial charge is 0.224 e. The first-order valence-electron chi connectivity index (χ1n) is 7.07. The Kier molecular flexibility index (Phi) is 9.48. The summed E-state index contributed by atoms with van der Waals surface area (Å²) in [6, 6.07) is 0. The van der Waals surface area contributed by atoms with Gasteiger partial charge in [-0.25, -0.2) is 0 Å². The average molecular weight is 290 g/mol. The van der Waals surface area contributed by atoms with Crippen LogP contribution in [0.5, 0.6) is 0 Å². The summed E-state index contributed by atoms with van der Waals surface area (Å²) in [5.41, 5.74) is 0.0540. The van der Waals surface area contributed by atoms with Gasteiger partial charge in [0, 0.05) is 18.6 Å². The predicted octanol–water partition coefficient (Wildman–Crippen LogP) is 1.68. The van der Waals surface area contributed by atoms with Gasteiger partial charge in [-0.2, -0.15) is 0 Å². The fourth-order valence-electron chi connectivity index (χ4n) is 1.44. The number of hydrogen-bond donors (Lipinski definition) is 2. The lowest BCUT2D eigenvalue weighted by molar-refractivity contribution is -0.120. The molecule has 1 unspecified atom stereocenters. The number of nitrogens with one attached hydrogen (secondary N) is 2. The average Bonchev–Trinajstić information content (AvgIpc) is 2.24. The van der Waals surface area contributed by atoms with Crippen LogP contribution in [-0.4, -0.2) is 40.6 Å². The van der Waals surface area contributed by atoms with Crippen molar-refractivity contribution in [2.45, 2.75) is 53.0 Å². The van der Waals surface area contributed by atoms with Gasteiger partial charge >= 0.3 is 0 Å². The number of carbonyl (C=O) groups excluding carboxylic acids is 1. The van der Waals surface area contributed by atoms with Crippen molar-refractivity contribution in [3.05, 3.63) is 0 Å². The molecule has 0 fully saturated rings. The molecule has 0 rings (SSSR count). The molecule has 0 heterocycles. The first-order valence-corrected chi connectivity index (χ1v) is 8.56. The van der Waals surface area contributed by atoms with Crippen molar-refractivity contribution < 1.29 is 9.35 Å². The van der Waals surface area contributed by atoms with Gasteiger partial charge in [0.25, 0.3) is 0 Å². The zero-order valence-corrected chi connectivity index (χ0v) is 13.9. The topological polar surface area (TPSA) is 64.2 Å². The Morgan fingerprint density at radius 2 is 1.84 bits per heavy atom. The molecule has 0 spiro atoms. The third kappa shape index (κ3) is 14.0. The second-order valence-electron chi connectivity index (χ2n) is 6.31. The van der Waals surface area contributed by atoms with E-state index in [2.05, 4.69) is 45.3 Å². The van der Waals surface area contributed by atoms with Crippen LogP contribution in [0.4, 0.5) is 0 Å². The standard InChI is InChI=1S/C14H30N2O2S/c1-12(2)6-8-15-13(17)7-10-19(18)11-9-16-14(3,4)5/h12,16H,6-11H2,1-5H3,(H,15,17). The maximum atomic E-state index is 11.7. The molecule has 0 aliphatic rings. The molecule has 0 aliphatic carbocycles. The lowest BCUT2D eigenvalue weighted by Gasteiger charge is -2.21. The number of hydrogen-bond acceptors (Lipinski definition) is 3. The number of carbonyl (C=O) groups is 1. The van der Waals surface area contributed by atoms with Crippen molar-refractivity contribution in [2.75, 3.05) is 24.6 Å². The Morgan fingerprint density at radius 1 is 1.21 bits per heavy atom. The summed E-state index contributed by atoms with van der Waals surface area (Å²) >= 11 is -0.913. The van der Waals surface area contributed by atoms with Crippen LogP contribution in [0.25, 0.3) is 0 Å². The molecule has 0 bridgehead atoms. The van der Waals surface area contributed by atoms with Crippen molar-refractivity contribution in [3.63, 3.8) is 0 Å². The Balaban J connectivity index is 3.56. The van der Waals surface area contributed by atoms with Gasteiger partial charge in [-0.1, -0.05) is 25.0 Å². The molecule has 2 N–H and O–H groups in total. The van der Waals surface area contributed by atoms with Gasteiger partial charge in [-0.3, -0.25) is 4.79 Å². The quantitative estimate of drug-likeness (QED) is 0.635.